The highest BCUT2D eigenvalue weighted by Crippen LogP contribution is 2.33. The standard InChI is InChI=1S/C14H23N5OS/c15-10-5-7-19(8-10)14-18-12(16)11(21-14)13(20)17-6-1-2-9-3-4-9/h9-10H,1-8,15-16H2,(H,17,20). The van der Waals surface area contributed by atoms with E-state index in [0.717, 1.165) is 43.5 Å². The Morgan fingerprint density at radius 1 is 1.43 bits per heavy atom. The quantitative estimate of drug-likeness (QED) is 0.686. The van der Waals surface area contributed by atoms with E-state index in [0.29, 0.717) is 10.7 Å². The Balaban J connectivity index is 1.53. The topological polar surface area (TPSA) is 97.3 Å². The molecular formula is C14H23N5OS. The van der Waals surface area contributed by atoms with Crippen LogP contribution in [-0.2, 0) is 0 Å². The van der Waals surface area contributed by atoms with Crippen LogP contribution < -0.4 is 21.7 Å². The second kappa shape index (κ2) is 6.19. The number of nitrogens with one attached hydrogen (secondary N) is 1. The van der Waals surface area contributed by atoms with Gasteiger partial charge in [-0.1, -0.05) is 24.2 Å². The molecule has 1 aromatic heterocycles. The predicted octanol–water partition coefficient (Wildman–Crippen LogP) is 1.18. The fourth-order valence-electron chi connectivity index (χ4n) is 2.66. The molecule has 2 fully saturated rings. The van der Waals surface area contributed by atoms with Crippen LogP contribution in [0.4, 0.5) is 10.9 Å². The Morgan fingerprint density at radius 3 is 2.90 bits per heavy atom. The third-order valence-corrected chi connectivity index (χ3v) is 5.25. The summed E-state index contributed by atoms with van der Waals surface area (Å²) < 4.78 is 0. The molecule has 2 aliphatic rings. The molecule has 1 atom stereocenters. The molecular weight excluding hydrogens is 286 g/mol. The molecule has 21 heavy (non-hydrogen) atoms. The summed E-state index contributed by atoms with van der Waals surface area (Å²) in [5.74, 6) is 1.13. The van der Waals surface area contributed by atoms with E-state index in [9.17, 15) is 4.79 Å². The van der Waals surface area contributed by atoms with Crippen LogP contribution >= 0.6 is 11.3 Å². The van der Waals surface area contributed by atoms with Crippen LogP contribution in [0.5, 0.6) is 0 Å². The molecule has 0 bridgehead atoms. The van der Waals surface area contributed by atoms with E-state index in [-0.39, 0.29) is 11.9 Å². The van der Waals surface area contributed by atoms with Crippen molar-refractivity contribution in [1.29, 1.82) is 0 Å². The molecule has 6 nitrogen and oxygen atoms in total. The van der Waals surface area contributed by atoms with E-state index in [1.807, 2.05) is 0 Å². The van der Waals surface area contributed by atoms with Gasteiger partial charge in [-0.2, -0.15) is 0 Å². The highest BCUT2D eigenvalue weighted by molar-refractivity contribution is 7.18. The lowest BCUT2D eigenvalue weighted by molar-refractivity contribution is 0.0957. The summed E-state index contributed by atoms with van der Waals surface area (Å²) in [5, 5.41) is 3.75. The first-order chi connectivity index (χ1) is 10.1. The highest BCUT2D eigenvalue weighted by Gasteiger charge is 2.25. The Labute approximate surface area is 128 Å². The number of nitrogens with zero attached hydrogens (tertiary/aromatic N) is 2. The molecule has 1 aliphatic carbocycles. The Hall–Kier alpha value is -1.34. The van der Waals surface area contributed by atoms with E-state index in [2.05, 4.69) is 15.2 Å². The van der Waals surface area contributed by atoms with Crippen molar-refractivity contribution in [2.45, 2.75) is 38.1 Å². The number of hydrogen-bond donors (Lipinski definition) is 3. The van der Waals surface area contributed by atoms with E-state index in [1.54, 1.807) is 0 Å². The minimum Gasteiger partial charge on any atom is -0.382 e. The summed E-state index contributed by atoms with van der Waals surface area (Å²) in [6.45, 7) is 2.39. The van der Waals surface area contributed by atoms with Crippen LogP contribution in [-0.4, -0.2) is 36.6 Å². The van der Waals surface area contributed by atoms with Gasteiger partial charge in [0, 0.05) is 25.7 Å². The smallest absolute Gasteiger partial charge is 0.265 e. The zero-order valence-electron chi connectivity index (χ0n) is 12.2. The Morgan fingerprint density at radius 2 is 2.24 bits per heavy atom. The largest absolute Gasteiger partial charge is 0.382 e. The van der Waals surface area contributed by atoms with Gasteiger partial charge in [0.15, 0.2) is 5.13 Å². The molecule has 1 saturated heterocycles. The van der Waals surface area contributed by atoms with E-state index >= 15 is 0 Å². The third kappa shape index (κ3) is 3.65. The molecule has 7 heteroatoms. The molecule has 5 N–H and O–H groups in total. The van der Waals surface area contributed by atoms with E-state index < -0.39 is 0 Å². The van der Waals surface area contributed by atoms with Gasteiger partial charge in [-0.3, -0.25) is 4.79 Å². The van der Waals surface area contributed by atoms with Crippen LogP contribution in [0.1, 0.15) is 41.8 Å². The average molecular weight is 309 g/mol. The number of carbonyl (C=O) groups is 1. The number of thiazole rings is 1. The molecule has 2 heterocycles. The zero-order chi connectivity index (χ0) is 14.8. The van der Waals surface area contributed by atoms with Gasteiger partial charge in [0.05, 0.1) is 0 Å². The monoisotopic (exact) mass is 309 g/mol. The van der Waals surface area contributed by atoms with Gasteiger partial charge in [-0.25, -0.2) is 4.98 Å². The van der Waals surface area contributed by atoms with Gasteiger partial charge in [-0.15, -0.1) is 0 Å². The van der Waals surface area contributed by atoms with Gasteiger partial charge < -0.3 is 21.7 Å². The first-order valence-electron chi connectivity index (χ1n) is 7.68. The Bertz CT molecular complexity index is 513. The van der Waals surface area contributed by atoms with Crippen LogP contribution in [0.15, 0.2) is 0 Å². The summed E-state index contributed by atoms with van der Waals surface area (Å²) in [4.78, 5) is 19.1. The van der Waals surface area contributed by atoms with E-state index in [4.69, 9.17) is 11.5 Å². The number of aromatic nitrogens is 1. The van der Waals surface area contributed by atoms with Crippen LogP contribution in [0.2, 0.25) is 0 Å². The second-order valence-electron chi connectivity index (χ2n) is 6.05. The van der Waals surface area contributed by atoms with Gasteiger partial charge in [0.2, 0.25) is 0 Å². The number of nitrogens with two attached hydrogens (primary N) is 2. The van der Waals surface area contributed by atoms with E-state index in [1.165, 1.54) is 30.6 Å². The maximum Gasteiger partial charge on any atom is 0.265 e. The number of nitrogen functional groups attached to an aromatic ring is 1. The SMILES string of the molecule is Nc1nc(N2CCC(N)C2)sc1C(=O)NCCCC1CC1. The minimum absolute atomic E-state index is 0.101. The molecule has 0 radical (unpaired) electrons. The maximum absolute atomic E-state index is 12.2. The predicted molar refractivity (Wildman–Crippen MR) is 85.6 cm³/mol. The van der Waals surface area contributed by atoms with Crippen molar-refractivity contribution in [2.75, 3.05) is 30.3 Å². The highest BCUT2D eigenvalue weighted by atomic mass is 32.1. The summed E-state index contributed by atoms with van der Waals surface area (Å²) in [7, 11) is 0. The summed E-state index contributed by atoms with van der Waals surface area (Å²) >= 11 is 1.37. The van der Waals surface area contributed by atoms with Crippen molar-refractivity contribution < 1.29 is 4.79 Å². The maximum atomic E-state index is 12.2. The number of amides is 1. The first-order valence-corrected chi connectivity index (χ1v) is 8.50. The third-order valence-electron chi connectivity index (χ3n) is 4.12. The molecule has 0 spiro atoms. The van der Waals surface area contributed by atoms with Crippen molar-refractivity contribution in [1.82, 2.24) is 10.3 Å². The lowest BCUT2D eigenvalue weighted by Gasteiger charge is -2.12. The van der Waals surface area contributed by atoms with Gasteiger partial charge >= 0.3 is 0 Å². The normalized spacial score (nSPS) is 21.8. The lowest BCUT2D eigenvalue weighted by Crippen LogP contribution is -2.26. The van der Waals surface area contributed by atoms with Crippen LogP contribution in [0.3, 0.4) is 0 Å². The summed E-state index contributed by atoms with van der Waals surface area (Å²) in [6.07, 6.45) is 5.94. The Kier molecular flexibility index (Phi) is 4.30. The number of hydrogen-bond acceptors (Lipinski definition) is 6. The second-order valence-corrected chi connectivity index (χ2v) is 7.02. The summed E-state index contributed by atoms with van der Waals surface area (Å²) in [5.41, 5.74) is 11.8. The molecule has 3 rings (SSSR count). The molecule has 1 amide bonds. The minimum atomic E-state index is -0.101. The molecule has 1 aromatic rings. The average Bonchev–Trinajstić information content (AvgIpc) is 3.05. The van der Waals surface area contributed by atoms with Crippen molar-refractivity contribution in [2.24, 2.45) is 11.7 Å². The number of carbonyl (C=O) groups excluding carboxylic acids is 1. The molecule has 0 aromatic carbocycles. The van der Waals surface area contributed by atoms with Gasteiger partial charge in [0.25, 0.3) is 5.91 Å². The fraction of sp³-hybridized carbons (Fsp3) is 0.714. The molecule has 1 unspecified atom stereocenters. The number of rotatable bonds is 6. The van der Waals surface area contributed by atoms with Gasteiger partial charge in [0.1, 0.15) is 10.7 Å². The lowest BCUT2D eigenvalue weighted by atomic mass is 10.2. The van der Waals surface area contributed by atoms with Crippen LogP contribution in [0.25, 0.3) is 0 Å². The fourth-order valence-corrected chi connectivity index (χ4v) is 3.60. The van der Waals surface area contributed by atoms with Gasteiger partial charge in [-0.05, 0) is 25.2 Å². The molecule has 1 saturated carbocycles. The van der Waals surface area contributed by atoms with Crippen LogP contribution in [0, 0.1) is 5.92 Å². The number of anilines is 2. The van der Waals surface area contributed by atoms with Crippen molar-refractivity contribution in [3.05, 3.63) is 4.88 Å². The molecule has 1 aliphatic heterocycles. The van der Waals surface area contributed by atoms with Crippen molar-refractivity contribution in [3.8, 4) is 0 Å². The molecule has 116 valence electrons. The van der Waals surface area contributed by atoms with Crippen molar-refractivity contribution in [3.63, 3.8) is 0 Å². The summed E-state index contributed by atoms with van der Waals surface area (Å²) in [6, 6.07) is 0.190. The van der Waals surface area contributed by atoms with Crippen molar-refractivity contribution >= 4 is 28.2 Å². The zero-order valence-corrected chi connectivity index (χ0v) is 13.0. The first kappa shape index (κ1) is 14.6.